The smallest absolute Gasteiger partial charge is 0.253 e. The van der Waals surface area contributed by atoms with Crippen molar-refractivity contribution in [3.8, 4) is 0 Å². The molecule has 0 spiro atoms. The van der Waals surface area contributed by atoms with E-state index in [9.17, 15) is 4.79 Å². The van der Waals surface area contributed by atoms with Gasteiger partial charge in [-0.25, -0.2) is 0 Å². The van der Waals surface area contributed by atoms with Gasteiger partial charge in [-0.2, -0.15) is 0 Å². The number of carbonyl (C=O) groups excluding carboxylic acids is 1. The first-order chi connectivity index (χ1) is 9.60. The Hall–Kier alpha value is -1.36. The molecule has 0 radical (unpaired) electrons. The van der Waals surface area contributed by atoms with Crippen LogP contribution in [0.2, 0.25) is 0 Å². The quantitative estimate of drug-likeness (QED) is 0.732. The minimum atomic E-state index is 0.0565. The van der Waals surface area contributed by atoms with E-state index in [1.54, 1.807) is 4.90 Å². The van der Waals surface area contributed by atoms with Gasteiger partial charge < -0.3 is 4.90 Å². The van der Waals surface area contributed by atoms with E-state index >= 15 is 0 Å². The molecule has 0 atom stereocenters. The van der Waals surface area contributed by atoms with E-state index in [0.717, 1.165) is 21.1 Å². The Morgan fingerprint density at radius 2 is 1.55 bits per heavy atom. The lowest BCUT2D eigenvalue weighted by atomic mass is 10.1. The molecule has 0 aromatic heterocycles. The van der Waals surface area contributed by atoms with Gasteiger partial charge in [0.1, 0.15) is 0 Å². The molecule has 0 N–H and O–H groups in total. The van der Waals surface area contributed by atoms with E-state index in [1.807, 2.05) is 31.3 Å². The maximum atomic E-state index is 12.3. The molecule has 0 fully saturated rings. The summed E-state index contributed by atoms with van der Waals surface area (Å²) >= 11 is 2.24. The molecule has 0 saturated carbocycles. The fourth-order valence-corrected chi connectivity index (χ4v) is 2.40. The van der Waals surface area contributed by atoms with Gasteiger partial charge in [0.05, 0.1) is 0 Å². The Morgan fingerprint density at radius 1 is 1.00 bits per heavy atom. The number of hydrogen-bond donors (Lipinski definition) is 0. The zero-order chi connectivity index (χ0) is 14.5. The number of halogens is 1. The van der Waals surface area contributed by atoms with Crippen molar-refractivity contribution < 1.29 is 4.79 Å². The van der Waals surface area contributed by atoms with Gasteiger partial charge in [0.15, 0.2) is 0 Å². The van der Waals surface area contributed by atoms with Crippen LogP contribution in [-0.2, 0) is 13.0 Å². The molecule has 20 heavy (non-hydrogen) atoms. The van der Waals surface area contributed by atoms with E-state index < -0.39 is 0 Å². The van der Waals surface area contributed by atoms with Crippen molar-refractivity contribution in [3.63, 3.8) is 0 Å². The number of benzene rings is 2. The van der Waals surface area contributed by atoms with E-state index in [-0.39, 0.29) is 5.91 Å². The highest BCUT2D eigenvalue weighted by Crippen LogP contribution is 2.12. The number of aryl methyl sites for hydroxylation is 1. The molecule has 0 bridgehead atoms. The summed E-state index contributed by atoms with van der Waals surface area (Å²) in [6.07, 6.45) is 1.04. The Bertz CT molecular complexity index is 575. The average Bonchev–Trinajstić information content (AvgIpc) is 2.48. The third kappa shape index (κ3) is 3.82. The van der Waals surface area contributed by atoms with Crippen molar-refractivity contribution in [1.29, 1.82) is 0 Å². The second-order valence-electron chi connectivity index (χ2n) is 4.84. The molecule has 3 heteroatoms. The monoisotopic (exact) mass is 379 g/mol. The third-order valence-electron chi connectivity index (χ3n) is 3.29. The minimum Gasteiger partial charge on any atom is -0.337 e. The van der Waals surface area contributed by atoms with E-state index in [2.05, 4.69) is 53.8 Å². The summed E-state index contributed by atoms with van der Waals surface area (Å²) in [5.41, 5.74) is 3.21. The molecule has 0 saturated heterocycles. The summed E-state index contributed by atoms with van der Waals surface area (Å²) in [6, 6.07) is 16.1. The van der Waals surface area contributed by atoms with Crippen molar-refractivity contribution in [2.24, 2.45) is 0 Å². The molecular weight excluding hydrogens is 361 g/mol. The zero-order valence-electron chi connectivity index (χ0n) is 11.8. The third-order valence-corrected chi connectivity index (χ3v) is 4.01. The fourth-order valence-electron chi connectivity index (χ4n) is 2.04. The van der Waals surface area contributed by atoms with Gasteiger partial charge in [0.25, 0.3) is 5.91 Å². The van der Waals surface area contributed by atoms with Crippen LogP contribution in [0.25, 0.3) is 0 Å². The van der Waals surface area contributed by atoms with Crippen LogP contribution in [0, 0.1) is 3.57 Å². The van der Waals surface area contributed by atoms with Gasteiger partial charge >= 0.3 is 0 Å². The number of amides is 1. The van der Waals surface area contributed by atoms with Crippen LogP contribution in [0.1, 0.15) is 28.4 Å². The number of nitrogens with zero attached hydrogens (tertiary/aromatic N) is 1. The van der Waals surface area contributed by atoms with Crippen LogP contribution in [0.3, 0.4) is 0 Å². The molecule has 0 aliphatic carbocycles. The maximum absolute atomic E-state index is 12.3. The van der Waals surface area contributed by atoms with Crippen LogP contribution in [0.5, 0.6) is 0 Å². The molecule has 1 amide bonds. The molecule has 2 nitrogen and oxygen atoms in total. The Kier molecular flexibility index (Phi) is 5.17. The van der Waals surface area contributed by atoms with Gasteiger partial charge in [0.2, 0.25) is 0 Å². The largest absolute Gasteiger partial charge is 0.337 e. The minimum absolute atomic E-state index is 0.0565. The highest BCUT2D eigenvalue weighted by Gasteiger charge is 2.11. The van der Waals surface area contributed by atoms with E-state index in [4.69, 9.17) is 0 Å². The summed E-state index contributed by atoms with van der Waals surface area (Å²) < 4.78 is 1.14. The number of hydrogen-bond acceptors (Lipinski definition) is 1. The second kappa shape index (κ2) is 6.88. The summed E-state index contributed by atoms with van der Waals surface area (Å²) in [4.78, 5) is 14.1. The first-order valence-electron chi connectivity index (χ1n) is 6.69. The normalized spacial score (nSPS) is 10.3. The molecule has 0 aliphatic rings. The highest BCUT2D eigenvalue weighted by atomic mass is 127. The van der Waals surface area contributed by atoms with Crippen molar-refractivity contribution >= 4 is 28.5 Å². The van der Waals surface area contributed by atoms with Crippen molar-refractivity contribution in [2.75, 3.05) is 7.05 Å². The molecule has 2 aromatic rings. The van der Waals surface area contributed by atoms with Crippen LogP contribution in [0.15, 0.2) is 48.5 Å². The van der Waals surface area contributed by atoms with E-state index in [1.165, 1.54) is 5.56 Å². The van der Waals surface area contributed by atoms with E-state index in [0.29, 0.717) is 6.54 Å². The Labute approximate surface area is 133 Å². The summed E-state index contributed by atoms with van der Waals surface area (Å²) in [5.74, 6) is 0.0565. The van der Waals surface area contributed by atoms with Gasteiger partial charge in [-0.05, 0) is 64.4 Å². The van der Waals surface area contributed by atoms with Gasteiger partial charge in [0, 0.05) is 22.7 Å². The predicted molar refractivity (Wildman–Crippen MR) is 90.8 cm³/mol. The van der Waals surface area contributed by atoms with Crippen LogP contribution < -0.4 is 0 Å². The molecule has 0 aliphatic heterocycles. The van der Waals surface area contributed by atoms with Crippen LogP contribution >= 0.6 is 22.6 Å². The lowest BCUT2D eigenvalue weighted by Crippen LogP contribution is -2.26. The standard InChI is InChI=1S/C17H18INO/c1-3-13-4-6-14(7-5-13)12-19(2)17(20)15-8-10-16(18)11-9-15/h4-11H,3,12H2,1-2H3. The molecule has 2 rings (SSSR count). The lowest BCUT2D eigenvalue weighted by Gasteiger charge is -2.17. The Morgan fingerprint density at radius 3 is 2.10 bits per heavy atom. The molecule has 0 heterocycles. The lowest BCUT2D eigenvalue weighted by molar-refractivity contribution is 0.0785. The fraction of sp³-hybridized carbons (Fsp3) is 0.235. The van der Waals surface area contributed by atoms with Gasteiger partial charge in [-0.1, -0.05) is 31.2 Å². The first-order valence-corrected chi connectivity index (χ1v) is 7.77. The van der Waals surface area contributed by atoms with Crippen molar-refractivity contribution in [1.82, 2.24) is 4.90 Å². The molecule has 2 aromatic carbocycles. The molecule has 0 unspecified atom stereocenters. The first kappa shape index (κ1) is 15.0. The van der Waals surface area contributed by atoms with Crippen LogP contribution in [-0.4, -0.2) is 17.9 Å². The number of carbonyl (C=O) groups is 1. The summed E-state index contributed by atoms with van der Waals surface area (Å²) in [6.45, 7) is 2.77. The number of rotatable bonds is 4. The predicted octanol–water partition coefficient (Wildman–Crippen LogP) is 4.13. The Balaban J connectivity index is 2.04. The molecule has 104 valence electrons. The SMILES string of the molecule is CCc1ccc(CN(C)C(=O)c2ccc(I)cc2)cc1. The maximum Gasteiger partial charge on any atom is 0.253 e. The average molecular weight is 379 g/mol. The van der Waals surface area contributed by atoms with Gasteiger partial charge in [-0.15, -0.1) is 0 Å². The summed E-state index contributed by atoms with van der Waals surface area (Å²) in [5, 5.41) is 0. The van der Waals surface area contributed by atoms with Crippen LogP contribution in [0.4, 0.5) is 0 Å². The topological polar surface area (TPSA) is 20.3 Å². The zero-order valence-corrected chi connectivity index (χ0v) is 13.9. The van der Waals surface area contributed by atoms with Crippen molar-refractivity contribution in [3.05, 3.63) is 68.8 Å². The van der Waals surface area contributed by atoms with Gasteiger partial charge in [-0.3, -0.25) is 4.79 Å². The molecular formula is C17H18INO. The summed E-state index contributed by atoms with van der Waals surface area (Å²) in [7, 11) is 1.84. The van der Waals surface area contributed by atoms with Crippen molar-refractivity contribution in [2.45, 2.75) is 19.9 Å². The second-order valence-corrected chi connectivity index (χ2v) is 6.08. The highest BCUT2D eigenvalue weighted by molar-refractivity contribution is 14.1.